The smallest absolute Gasteiger partial charge is 0.325 e. The van der Waals surface area contributed by atoms with Gasteiger partial charge < -0.3 is 15.2 Å². The third-order valence-electron chi connectivity index (χ3n) is 5.76. The molecule has 1 fully saturated rings. The normalized spacial score (nSPS) is 21.2. The zero-order valence-corrected chi connectivity index (χ0v) is 17.8. The third-order valence-corrected chi connectivity index (χ3v) is 5.76. The number of nitrogens with zero attached hydrogens (tertiary/aromatic N) is 2. The summed E-state index contributed by atoms with van der Waals surface area (Å²) in [5.41, 5.74) is 2.12. The van der Waals surface area contributed by atoms with Gasteiger partial charge >= 0.3 is 11.6 Å². The van der Waals surface area contributed by atoms with E-state index in [-0.39, 0.29) is 11.8 Å². The molecule has 7 heteroatoms. The Morgan fingerprint density at radius 2 is 2.06 bits per heavy atom. The van der Waals surface area contributed by atoms with Crippen molar-refractivity contribution in [3.05, 3.63) is 64.1 Å². The molecule has 0 spiro atoms. The topological polar surface area (TPSA) is 95.0 Å². The summed E-state index contributed by atoms with van der Waals surface area (Å²) >= 11 is 0. The van der Waals surface area contributed by atoms with Crippen LogP contribution in [-0.4, -0.2) is 28.9 Å². The second-order valence-electron chi connectivity index (χ2n) is 8.07. The van der Waals surface area contributed by atoms with Crippen LogP contribution in [0.2, 0.25) is 0 Å². The molecule has 4 rings (SSSR count). The minimum atomic E-state index is -0.432. The van der Waals surface area contributed by atoms with E-state index in [4.69, 9.17) is 9.73 Å². The van der Waals surface area contributed by atoms with Crippen LogP contribution in [0.15, 0.2) is 47.1 Å². The molecule has 1 aromatic heterocycles. The fraction of sp³-hybridized carbons (Fsp3) is 0.375. The van der Waals surface area contributed by atoms with Crippen molar-refractivity contribution in [2.45, 2.75) is 45.6 Å². The molecular formula is C24H28N3O4+. The molecule has 2 aliphatic rings. The van der Waals surface area contributed by atoms with Gasteiger partial charge in [0.2, 0.25) is 5.69 Å². The second-order valence-corrected chi connectivity index (χ2v) is 8.07. The summed E-state index contributed by atoms with van der Waals surface area (Å²) in [7, 11) is 0. The number of rotatable bonds is 5. The number of nitrogens with one attached hydrogen (secondary N) is 1. The lowest BCUT2D eigenvalue weighted by Crippen LogP contribution is -2.42. The van der Waals surface area contributed by atoms with Crippen molar-refractivity contribution in [3.63, 3.8) is 0 Å². The van der Waals surface area contributed by atoms with Gasteiger partial charge in [0.05, 0.1) is 29.5 Å². The minimum Gasteiger partial charge on any atom is -0.492 e. The molecule has 3 N–H and O–H groups in total. The number of ether oxygens (including phenoxy) is 1. The SMILES string of the molecule is CCOc1cc2c(cc1NC(=O)c1cccc(C)[n+]1O)=C/C(=C/C1CCC(O)CC1)N=2. The van der Waals surface area contributed by atoms with Crippen LogP contribution in [0.4, 0.5) is 5.69 Å². The third kappa shape index (κ3) is 4.61. The van der Waals surface area contributed by atoms with E-state index in [1.54, 1.807) is 25.1 Å². The summed E-state index contributed by atoms with van der Waals surface area (Å²) in [5.74, 6) is 0.518. The van der Waals surface area contributed by atoms with E-state index in [9.17, 15) is 15.1 Å². The number of fused-ring (bicyclic) bond motifs is 1. The predicted octanol–water partition coefficient (Wildman–Crippen LogP) is 2.02. The number of pyridine rings is 1. The zero-order chi connectivity index (χ0) is 22.0. The first-order valence-corrected chi connectivity index (χ1v) is 10.7. The molecular weight excluding hydrogens is 394 g/mol. The molecule has 1 aliphatic carbocycles. The number of aliphatic hydroxyl groups excluding tert-OH is 1. The number of hydrogen-bond donors (Lipinski definition) is 3. The Bertz CT molecular complexity index is 1150. The van der Waals surface area contributed by atoms with Crippen LogP contribution in [0.3, 0.4) is 0 Å². The molecule has 1 amide bonds. The zero-order valence-electron chi connectivity index (χ0n) is 17.8. The molecule has 162 valence electrons. The summed E-state index contributed by atoms with van der Waals surface area (Å²) in [5, 5.41) is 24.4. The number of aryl methyl sites for hydroxylation is 1. The average Bonchev–Trinajstić information content (AvgIpc) is 3.13. The first-order chi connectivity index (χ1) is 14.9. The molecule has 0 unspecified atom stereocenters. The fourth-order valence-electron chi connectivity index (χ4n) is 4.06. The van der Waals surface area contributed by atoms with Crippen LogP contribution in [-0.2, 0) is 0 Å². The number of amides is 1. The highest BCUT2D eigenvalue weighted by Crippen LogP contribution is 2.27. The van der Waals surface area contributed by atoms with Crippen LogP contribution in [0.1, 0.15) is 48.8 Å². The van der Waals surface area contributed by atoms with Crippen LogP contribution < -0.4 is 25.4 Å². The van der Waals surface area contributed by atoms with Crippen LogP contribution in [0, 0.1) is 12.8 Å². The number of aliphatic hydroxyl groups is 1. The molecule has 0 saturated heterocycles. The standard InChI is InChI=1S/C24H27N3O4/c1-3-31-23-14-20-17(12-18(25-20)11-16-7-9-19(28)10-8-16)13-21(23)26-24(29)22-6-4-5-15(2)27(22)30/h4-6,11-14,16,19,28H,3,7-10H2,1-2H3,(H-,26,29,30)/p+1/b18-11-. The molecule has 2 heterocycles. The van der Waals surface area contributed by atoms with Crippen molar-refractivity contribution in [2.75, 3.05) is 11.9 Å². The Morgan fingerprint density at radius 1 is 1.29 bits per heavy atom. The van der Waals surface area contributed by atoms with E-state index >= 15 is 0 Å². The van der Waals surface area contributed by atoms with Crippen molar-refractivity contribution in [2.24, 2.45) is 10.9 Å². The molecule has 0 atom stereocenters. The maximum absolute atomic E-state index is 12.8. The molecule has 1 aromatic carbocycles. The molecule has 1 saturated carbocycles. The van der Waals surface area contributed by atoms with Crippen LogP contribution >= 0.6 is 0 Å². The lowest BCUT2D eigenvalue weighted by Gasteiger charge is -2.22. The Kier molecular flexibility index (Phi) is 6.04. The van der Waals surface area contributed by atoms with Gasteiger partial charge in [0, 0.05) is 35.1 Å². The fourth-order valence-corrected chi connectivity index (χ4v) is 4.06. The molecule has 0 bridgehead atoms. The van der Waals surface area contributed by atoms with Crippen LogP contribution in [0.25, 0.3) is 6.08 Å². The van der Waals surface area contributed by atoms with Crippen molar-refractivity contribution in [3.8, 4) is 5.75 Å². The summed E-state index contributed by atoms with van der Waals surface area (Å²) in [6.07, 6.45) is 7.59. The Labute approximate surface area is 181 Å². The maximum Gasteiger partial charge on any atom is 0.325 e. The van der Waals surface area contributed by atoms with Gasteiger partial charge in [0.1, 0.15) is 5.75 Å². The van der Waals surface area contributed by atoms with Gasteiger partial charge in [0.15, 0.2) is 0 Å². The Morgan fingerprint density at radius 3 is 2.81 bits per heavy atom. The highest BCUT2D eigenvalue weighted by atomic mass is 16.5. The van der Waals surface area contributed by atoms with Gasteiger partial charge in [0.25, 0.3) is 0 Å². The van der Waals surface area contributed by atoms with Gasteiger partial charge in [-0.25, -0.2) is 4.99 Å². The predicted molar refractivity (Wildman–Crippen MR) is 115 cm³/mol. The quantitative estimate of drug-likeness (QED) is 0.508. The monoisotopic (exact) mass is 422 g/mol. The first-order valence-electron chi connectivity index (χ1n) is 10.7. The Hall–Kier alpha value is -3.19. The van der Waals surface area contributed by atoms with Crippen molar-refractivity contribution >= 4 is 17.7 Å². The van der Waals surface area contributed by atoms with E-state index < -0.39 is 5.91 Å². The number of aromatic nitrogens is 1. The summed E-state index contributed by atoms with van der Waals surface area (Å²) < 4.78 is 6.61. The molecule has 0 radical (unpaired) electrons. The number of carbonyl (C=O) groups excluding carboxylic acids is 1. The van der Waals surface area contributed by atoms with Crippen LogP contribution in [0.5, 0.6) is 5.75 Å². The Balaban J connectivity index is 1.63. The summed E-state index contributed by atoms with van der Waals surface area (Å²) in [6.45, 7) is 4.05. The molecule has 7 nitrogen and oxygen atoms in total. The average molecular weight is 423 g/mol. The van der Waals surface area contributed by atoms with E-state index in [0.717, 1.165) is 46.7 Å². The number of carbonyl (C=O) groups is 1. The van der Waals surface area contributed by atoms with E-state index in [1.807, 2.05) is 25.1 Å². The second kappa shape index (κ2) is 8.89. The number of anilines is 1. The highest BCUT2D eigenvalue weighted by molar-refractivity contribution is 6.02. The van der Waals surface area contributed by atoms with Gasteiger partial charge in [-0.15, -0.1) is 0 Å². The van der Waals surface area contributed by atoms with Crippen molar-refractivity contribution < 1.29 is 24.6 Å². The number of benzene rings is 1. The largest absolute Gasteiger partial charge is 0.492 e. The van der Waals surface area contributed by atoms with Gasteiger partial charge in [-0.2, -0.15) is 0 Å². The van der Waals surface area contributed by atoms with E-state index in [1.165, 1.54) is 0 Å². The summed E-state index contributed by atoms with van der Waals surface area (Å²) in [4.78, 5) is 17.5. The minimum absolute atomic E-state index is 0.136. The number of hydrogen-bond acceptors (Lipinski definition) is 5. The molecule has 1 aliphatic heterocycles. The molecule has 2 aromatic rings. The lowest BCUT2D eigenvalue weighted by atomic mass is 9.87. The van der Waals surface area contributed by atoms with Gasteiger partial charge in [-0.1, -0.05) is 6.08 Å². The maximum atomic E-state index is 12.8. The van der Waals surface area contributed by atoms with E-state index in [2.05, 4.69) is 11.4 Å². The highest BCUT2D eigenvalue weighted by Gasteiger charge is 2.23. The number of allylic oxidation sites excluding steroid dienone is 2. The summed E-state index contributed by atoms with van der Waals surface area (Å²) in [6, 6.07) is 8.68. The lowest BCUT2D eigenvalue weighted by molar-refractivity contribution is -0.909. The van der Waals surface area contributed by atoms with E-state index in [0.29, 0.717) is 29.7 Å². The molecule has 31 heavy (non-hydrogen) atoms. The van der Waals surface area contributed by atoms with Gasteiger partial charge in [-0.3, -0.25) is 10.0 Å². The van der Waals surface area contributed by atoms with Crippen molar-refractivity contribution in [1.82, 2.24) is 0 Å². The van der Waals surface area contributed by atoms with Crippen molar-refractivity contribution in [1.29, 1.82) is 0 Å². The first kappa shape index (κ1) is 21.1. The van der Waals surface area contributed by atoms with Gasteiger partial charge in [-0.05, 0) is 56.7 Å².